The molecule has 6 heteroatoms. The maximum absolute atomic E-state index is 14.2. The summed E-state index contributed by atoms with van der Waals surface area (Å²) in [5.74, 6) is -0.155. The van der Waals surface area contributed by atoms with E-state index in [1.165, 1.54) is 6.07 Å². The number of nitrogens with zero attached hydrogens (tertiary/aromatic N) is 2. The van der Waals surface area contributed by atoms with Gasteiger partial charge in [0.05, 0.1) is 16.3 Å². The van der Waals surface area contributed by atoms with E-state index in [2.05, 4.69) is 33.0 Å². The molecule has 0 atom stereocenters. The Morgan fingerprint density at radius 1 is 1.45 bits per heavy atom. The Morgan fingerprint density at radius 2 is 2.30 bits per heavy atom. The smallest absolute Gasteiger partial charge is 0.132 e. The van der Waals surface area contributed by atoms with E-state index in [-0.39, 0.29) is 5.82 Å². The first-order valence-corrected chi connectivity index (χ1v) is 8.10. The number of aromatic nitrogens is 2. The second kappa shape index (κ2) is 5.79. The zero-order valence-corrected chi connectivity index (χ0v) is 13.8. The maximum atomic E-state index is 14.2. The van der Waals surface area contributed by atoms with Crippen molar-refractivity contribution < 1.29 is 4.39 Å². The van der Waals surface area contributed by atoms with Gasteiger partial charge in [0.1, 0.15) is 5.82 Å². The third kappa shape index (κ3) is 2.59. The molecule has 3 aromatic rings. The van der Waals surface area contributed by atoms with Crippen molar-refractivity contribution in [3.05, 3.63) is 50.4 Å². The fourth-order valence-electron chi connectivity index (χ4n) is 2.27. The quantitative estimate of drug-likeness (QED) is 0.677. The number of halogens is 2. The van der Waals surface area contributed by atoms with E-state index in [0.29, 0.717) is 6.54 Å². The van der Waals surface area contributed by atoms with Gasteiger partial charge in [0.2, 0.25) is 0 Å². The van der Waals surface area contributed by atoms with Crippen LogP contribution in [0.3, 0.4) is 0 Å². The number of hydrogen-bond acceptors (Lipinski definition) is 3. The zero-order valence-electron chi connectivity index (χ0n) is 10.9. The van der Waals surface area contributed by atoms with E-state index in [1.807, 2.05) is 30.2 Å². The molecule has 104 valence electrons. The molecule has 2 aromatic heterocycles. The molecule has 20 heavy (non-hydrogen) atoms. The van der Waals surface area contributed by atoms with Gasteiger partial charge in [0.15, 0.2) is 0 Å². The number of benzene rings is 1. The highest BCUT2D eigenvalue weighted by Crippen LogP contribution is 2.33. The summed E-state index contributed by atoms with van der Waals surface area (Å²) in [7, 11) is 1.90. The van der Waals surface area contributed by atoms with Gasteiger partial charge in [-0.05, 0) is 47.3 Å². The lowest BCUT2D eigenvalue weighted by Gasteiger charge is -2.05. The van der Waals surface area contributed by atoms with Crippen molar-refractivity contribution in [3.63, 3.8) is 0 Å². The van der Waals surface area contributed by atoms with Crippen LogP contribution in [0.25, 0.3) is 10.1 Å². The van der Waals surface area contributed by atoms with E-state index in [4.69, 9.17) is 0 Å². The van der Waals surface area contributed by atoms with Gasteiger partial charge in [-0.25, -0.2) is 4.39 Å². The lowest BCUT2D eigenvalue weighted by molar-refractivity contribution is 0.634. The van der Waals surface area contributed by atoms with Crippen molar-refractivity contribution in [2.24, 2.45) is 0 Å². The molecule has 0 saturated carbocycles. The van der Waals surface area contributed by atoms with Gasteiger partial charge >= 0.3 is 0 Å². The summed E-state index contributed by atoms with van der Waals surface area (Å²) in [6, 6.07) is 5.26. The molecule has 1 N–H and O–H groups in total. The Morgan fingerprint density at radius 3 is 3.00 bits per heavy atom. The molecule has 0 spiro atoms. The Hall–Kier alpha value is -0.990. The summed E-state index contributed by atoms with van der Waals surface area (Å²) in [4.78, 5) is 1.16. The first kappa shape index (κ1) is 14.0. The van der Waals surface area contributed by atoms with Crippen molar-refractivity contribution in [3.8, 4) is 0 Å². The molecule has 0 amide bonds. The van der Waals surface area contributed by atoms with Crippen LogP contribution in [0.1, 0.15) is 10.4 Å². The highest BCUT2D eigenvalue weighted by Gasteiger charge is 2.15. The molecule has 0 aliphatic carbocycles. The Labute approximate surface area is 133 Å². The predicted octanol–water partition coefficient (Wildman–Crippen LogP) is 3.61. The molecular weight excluding hydrogens is 388 g/mol. The van der Waals surface area contributed by atoms with Crippen molar-refractivity contribution in [2.75, 3.05) is 7.05 Å². The SMILES string of the molecule is CNCc1sc2cccc(F)c2c1Cn1cc(I)cn1. The molecule has 0 unspecified atom stereocenters. The van der Waals surface area contributed by atoms with Crippen LogP contribution < -0.4 is 5.32 Å². The molecule has 0 saturated heterocycles. The number of nitrogens with one attached hydrogen (secondary N) is 1. The first-order valence-electron chi connectivity index (χ1n) is 6.20. The average molecular weight is 401 g/mol. The van der Waals surface area contributed by atoms with E-state index in [9.17, 15) is 4.39 Å². The molecule has 0 bridgehead atoms. The fourth-order valence-corrected chi connectivity index (χ4v) is 3.96. The van der Waals surface area contributed by atoms with E-state index in [0.717, 1.165) is 30.6 Å². The number of thiophene rings is 1. The molecule has 0 aliphatic heterocycles. The lowest BCUT2D eigenvalue weighted by atomic mass is 10.1. The Kier molecular flexibility index (Phi) is 4.04. The third-order valence-corrected chi connectivity index (χ3v) is 4.86. The molecule has 3 nitrogen and oxygen atoms in total. The second-order valence-corrected chi connectivity index (χ2v) is 6.89. The first-order chi connectivity index (χ1) is 9.69. The van der Waals surface area contributed by atoms with Gasteiger partial charge in [-0.15, -0.1) is 11.3 Å². The molecule has 0 radical (unpaired) electrons. The van der Waals surface area contributed by atoms with E-state index in [1.54, 1.807) is 17.4 Å². The van der Waals surface area contributed by atoms with Crippen LogP contribution in [0.4, 0.5) is 4.39 Å². The highest BCUT2D eigenvalue weighted by molar-refractivity contribution is 14.1. The van der Waals surface area contributed by atoms with Crippen LogP contribution in [0.2, 0.25) is 0 Å². The van der Waals surface area contributed by atoms with Crippen LogP contribution in [0.5, 0.6) is 0 Å². The summed E-state index contributed by atoms with van der Waals surface area (Å²) < 4.78 is 18.1. The molecule has 2 heterocycles. The summed E-state index contributed by atoms with van der Waals surface area (Å²) in [5, 5.41) is 8.18. The van der Waals surface area contributed by atoms with Gasteiger partial charge in [-0.3, -0.25) is 4.68 Å². The average Bonchev–Trinajstić information content (AvgIpc) is 2.96. The van der Waals surface area contributed by atoms with E-state index >= 15 is 0 Å². The molecule has 1 aromatic carbocycles. The highest BCUT2D eigenvalue weighted by atomic mass is 127. The van der Waals surface area contributed by atoms with Crippen LogP contribution in [0, 0.1) is 9.39 Å². The predicted molar refractivity (Wildman–Crippen MR) is 88.6 cm³/mol. The maximum Gasteiger partial charge on any atom is 0.132 e. The molecule has 0 fully saturated rings. The molecular formula is C14H13FIN3S. The third-order valence-electron chi connectivity index (χ3n) is 3.11. The van der Waals surface area contributed by atoms with Crippen molar-refractivity contribution in [1.82, 2.24) is 15.1 Å². The number of fused-ring (bicyclic) bond motifs is 1. The van der Waals surface area contributed by atoms with Crippen molar-refractivity contribution >= 4 is 44.0 Å². The van der Waals surface area contributed by atoms with Gasteiger partial charge < -0.3 is 5.32 Å². The van der Waals surface area contributed by atoms with Crippen molar-refractivity contribution in [1.29, 1.82) is 0 Å². The minimum absolute atomic E-state index is 0.155. The van der Waals surface area contributed by atoms with Gasteiger partial charge in [-0.2, -0.15) is 5.10 Å². The largest absolute Gasteiger partial charge is 0.315 e. The number of rotatable bonds is 4. The monoisotopic (exact) mass is 401 g/mol. The summed E-state index contributed by atoms with van der Waals surface area (Å²) in [6.07, 6.45) is 3.78. The number of hydrogen-bond donors (Lipinski definition) is 1. The summed E-state index contributed by atoms with van der Waals surface area (Å²) in [5.41, 5.74) is 1.02. The van der Waals surface area contributed by atoms with Crippen molar-refractivity contribution in [2.45, 2.75) is 13.1 Å². The standard InChI is InChI=1S/C14H13FIN3S/c1-17-6-13-10(8-19-7-9(16)5-18-19)14-11(15)3-2-4-12(14)20-13/h2-5,7,17H,6,8H2,1H3. The Bertz CT molecular complexity index is 750. The van der Waals surface area contributed by atoms with Crippen LogP contribution in [0.15, 0.2) is 30.6 Å². The Balaban J connectivity index is 2.12. The van der Waals surface area contributed by atoms with Gasteiger partial charge in [0.25, 0.3) is 0 Å². The molecule has 0 aliphatic rings. The fraction of sp³-hybridized carbons (Fsp3) is 0.214. The topological polar surface area (TPSA) is 29.9 Å². The van der Waals surface area contributed by atoms with Gasteiger partial charge in [-0.1, -0.05) is 6.07 Å². The normalized spacial score (nSPS) is 11.3. The summed E-state index contributed by atoms with van der Waals surface area (Å²) in [6.45, 7) is 1.34. The van der Waals surface area contributed by atoms with Crippen LogP contribution in [-0.2, 0) is 13.1 Å². The minimum Gasteiger partial charge on any atom is -0.315 e. The van der Waals surface area contributed by atoms with Crippen LogP contribution >= 0.6 is 33.9 Å². The lowest BCUT2D eigenvalue weighted by Crippen LogP contribution is -2.08. The van der Waals surface area contributed by atoms with E-state index < -0.39 is 0 Å². The minimum atomic E-state index is -0.155. The van der Waals surface area contributed by atoms with Gasteiger partial charge in [0, 0.05) is 27.7 Å². The zero-order chi connectivity index (χ0) is 14.1. The van der Waals surface area contributed by atoms with Crippen LogP contribution in [-0.4, -0.2) is 16.8 Å². The molecule has 3 rings (SSSR count). The second-order valence-electron chi connectivity index (χ2n) is 4.50. The summed E-state index contributed by atoms with van der Waals surface area (Å²) >= 11 is 3.87.